The Balaban J connectivity index is 1.53. The van der Waals surface area contributed by atoms with Gasteiger partial charge in [0.05, 0.1) is 6.20 Å². The predicted octanol–water partition coefficient (Wildman–Crippen LogP) is 4.58. The molecule has 0 saturated heterocycles. The van der Waals surface area contributed by atoms with E-state index in [2.05, 4.69) is 20.4 Å². The standard InChI is InChI=1S/C21H18F3N5O3/c1-12-6-7-14(18-27-20(32-28-18)13(2)31-11-21(22,23)24)9-15(12)26-19(30)16-10-25-17-5-3-4-8-29(16)17/h3-10,13H,11H2,1-2H3,(H,26,30). The summed E-state index contributed by atoms with van der Waals surface area (Å²) in [5.41, 5.74) is 2.84. The third kappa shape index (κ3) is 4.62. The lowest BCUT2D eigenvalue weighted by Gasteiger charge is -2.10. The minimum absolute atomic E-state index is 0.0823. The largest absolute Gasteiger partial charge is 0.411 e. The Kier molecular flexibility index (Phi) is 5.66. The Morgan fingerprint density at radius 2 is 2.09 bits per heavy atom. The summed E-state index contributed by atoms with van der Waals surface area (Å²) in [6.45, 7) is 1.79. The lowest BCUT2D eigenvalue weighted by atomic mass is 10.1. The Bertz CT molecular complexity index is 1270. The first-order valence-corrected chi connectivity index (χ1v) is 9.58. The molecule has 0 saturated carbocycles. The van der Waals surface area contributed by atoms with Gasteiger partial charge < -0.3 is 14.6 Å². The number of hydrogen-bond donors (Lipinski definition) is 1. The molecule has 1 aromatic carbocycles. The Labute approximate surface area is 180 Å². The third-order valence-electron chi connectivity index (χ3n) is 4.68. The second kappa shape index (κ2) is 8.42. The van der Waals surface area contributed by atoms with Gasteiger partial charge in [-0.15, -0.1) is 0 Å². The van der Waals surface area contributed by atoms with Crippen LogP contribution in [0.25, 0.3) is 17.0 Å². The number of ether oxygens (including phenoxy) is 1. The molecule has 0 aliphatic heterocycles. The molecule has 1 amide bonds. The van der Waals surface area contributed by atoms with Crippen molar-refractivity contribution in [2.75, 3.05) is 11.9 Å². The molecule has 3 aromatic heterocycles. The van der Waals surface area contributed by atoms with E-state index in [1.54, 1.807) is 40.9 Å². The maximum atomic E-state index is 12.8. The number of fused-ring (bicyclic) bond motifs is 1. The van der Waals surface area contributed by atoms with Gasteiger partial charge in [0.1, 0.15) is 24.1 Å². The van der Waals surface area contributed by atoms with Crippen molar-refractivity contribution in [3.8, 4) is 11.4 Å². The normalized spacial score (nSPS) is 12.8. The van der Waals surface area contributed by atoms with Gasteiger partial charge in [-0.2, -0.15) is 18.2 Å². The number of halogens is 3. The van der Waals surface area contributed by atoms with Gasteiger partial charge in [-0.25, -0.2) is 4.98 Å². The molecule has 0 fully saturated rings. The lowest BCUT2D eigenvalue weighted by Crippen LogP contribution is -2.18. The molecule has 1 N–H and O–H groups in total. The fourth-order valence-corrected chi connectivity index (χ4v) is 2.99. The van der Waals surface area contributed by atoms with E-state index in [-0.39, 0.29) is 17.6 Å². The molecule has 8 nitrogen and oxygen atoms in total. The molecule has 4 aromatic rings. The number of amides is 1. The molecule has 0 spiro atoms. The number of carbonyl (C=O) groups is 1. The topological polar surface area (TPSA) is 94.5 Å². The highest BCUT2D eigenvalue weighted by atomic mass is 19.4. The number of imidazole rings is 1. The zero-order valence-electron chi connectivity index (χ0n) is 17.1. The van der Waals surface area contributed by atoms with E-state index in [4.69, 9.17) is 9.26 Å². The van der Waals surface area contributed by atoms with Crippen LogP contribution in [0.15, 0.2) is 53.3 Å². The van der Waals surface area contributed by atoms with Crippen LogP contribution in [-0.4, -0.2) is 38.2 Å². The lowest BCUT2D eigenvalue weighted by molar-refractivity contribution is -0.186. The molecule has 0 bridgehead atoms. The fraction of sp³-hybridized carbons (Fsp3) is 0.238. The highest BCUT2D eigenvalue weighted by Crippen LogP contribution is 2.27. The van der Waals surface area contributed by atoms with E-state index in [0.717, 1.165) is 5.56 Å². The van der Waals surface area contributed by atoms with Crippen LogP contribution in [0.4, 0.5) is 18.9 Å². The van der Waals surface area contributed by atoms with Crippen molar-refractivity contribution in [2.45, 2.75) is 26.1 Å². The molecule has 166 valence electrons. The number of benzene rings is 1. The number of aromatic nitrogens is 4. The van der Waals surface area contributed by atoms with E-state index in [0.29, 0.717) is 22.6 Å². The van der Waals surface area contributed by atoms with Gasteiger partial charge in [0.2, 0.25) is 5.82 Å². The maximum absolute atomic E-state index is 12.8. The van der Waals surface area contributed by atoms with Crippen molar-refractivity contribution in [1.82, 2.24) is 19.5 Å². The molecule has 4 rings (SSSR count). The third-order valence-corrected chi connectivity index (χ3v) is 4.68. The van der Waals surface area contributed by atoms with Gasteiger partial charge in [-0.1, -0.05) is 23.4 Å². The van der Waals surface area contributed by atoms with Crippen LogP contribution >= 0.6 is 0 Å². The zero-order chi connectivity index (χ0) is 22.9. The predicted molar refractivity (Wildman–Crippen MR) is 108 cm³/mol. The minimum atomic E-state index is -4.46. The summed E-state index contributed by atoms with van der Waals surface area (Å²) in [5, 5.41) is 6.66. The average Bonchev–Trinajstić information content (AvgIpc) is 3.40. The summed E-state index contributed by atoms with van der Waals surface area (Å²) in [7, 11) is 0. The zero-order valence-corrected chi connectivity index (χ0v) is 17.1. The van der Waals surface area contributed by atoms with Crippen molar-refractivity contribution in [3.05, 3.63) is 65.9 Å². The van der Waals surface area contributed by atoms with Gasteiger partial charge in [-0.3, -0.25) is 9.20 Å². The average molecular weight is 445 g/mol. The molecule has 1 atom stereocenters. The van der Waals surface area contributed by atoms with Crippen molar-refractivity contribution in [3.63, 3.8) is 0 Å². The Morgan fingerprint density at radius 1 is 1.28 bits per heavy atom. The number of aryl methyl sites for hydroxylation is 1. The SMILES string of the molecule is Cc1ccc(-c2noc(C(C)OCC(F)(F)F)n2)cc1NC(=O)c1cnc2ccccn12. The number of anilines is 1. The van der Waals surface area contributed by atoms with Crippen molar-refractivity contribution in [2.24, 2.45) is 0 Å². The first-order chi connectivity index (χ1) is 15.2. The van der Waals surface area contributed by atoms with E-state index >= 15 is 0 Å². The van der Waals surface area contributed by atoms with Gasteiger partial charge in [0.25, 0.3) is 11.8 Å². The quantitative estimate of drug-likeness (QED) is 0.467. The number of hydrogen-bond acceptors (Lipinski definition) is 6. The van der Waals surface area contributed by atoms with Crippen LogP contribution in [0.3, 0.4) is 0 Å². The van der Waals surface area contributed by atoms with Crippen LogP contribution in [0.2, 0.25) is 0 Å². The monoisotopic (exact) mass is 445 g/mol. The second-order valence-corrected chi connectivity index (χ2v) is 7.08. The fourth-order valence-electron chi connectivity index (χ4n) is 2.99. The smallest absolute Gasteiger partial charge is 0.359 e. The van der Waals surface area contributed by atoms with Crippen LogP contribution in [0.5, 0.6) is 0 Å². The summed E-state index contributed by atoms with van der Waals surface area (Å²) in [4.78, 5) is 21.1. The summed E-state index contributed by atoms with van der Waals surface area (Å²) >= 11 is 0. The molecule has 0 aliphatic carbocycles. The Morgan fingerprint density at radius 3 is 2.88 bits per heavy atom. The van der Waals surface area contributed by atoms with Crippen molar-refractivity contribution >= 4 is 17.2 Å². The molecule has 0 aliphatic rings. The molecule has 0 radical (unpaired) electrons. The van der Waals surface area contributed by atoms with Crippen LogP contribution in [-0.2, 0) is 4.74 Å². The van der Waals surface area contributed by atoms with Gasteiger partial charge in [-0.05, 0) is 37.6 Å². The van der Waals surface area contributed by atoms with Crippen molar-refractivity contribution < 1.29 is 27.2 Å². The second-order valence-electron chi connectivity index (χ2n) is 7.08. The summed E-state index contributed by atoms with van der Waals surface area (Å²) in [6.07, 6.45) is -2.26. The number of pyridine rings is 1. The number of nitrogens with zero attached hydrogens (tertiary/aromatic N) is 4. The van der Waals surface area contributed by atoms with Crippen molar-refractivity contribution in [1.29, 1.82) is 0 Å². The van der Waals surface area contributed by atoms with Gasteiger partial charge >= 0.3 is 6.18 Å². The molecule has 32 heavy (non-hydrogen) atoms. The van der Waals surface area contributed by atoms with Crippen LogP contribution in [0.1, 0.15) is 35.0 Å². The molecular formula is C21H18F3N5O3. The van der Waals surface area contributed by atoms with E-state index in [1.807, 2.05) is 13.0 Å². The first-order valence-electron chi connectivity index (χ1n) is 9.58. The van der Waals surface area contributed by atoms with Crippen LogP contribution < -0.4 is 5.32 Å². The number of alkyl halides is 3. The maximum Gasteiger partial charge on any atom is 0.411 e. The molecule has 11 heteroatoms. The summed E-state index contributed by atoms with van der Waals surface area (Å²) < 4.78 is 48.5. The Hall–Kier alpha value is -3.73. The highest BCUT2D eigenvalue weighted by molar-refractivity contribution is 6.04. The van der Waals surface area contributed by atoms with E-state index in [9.17, 15) is 18.0 Å². The minimum Gasteiger partial charge on any atom is -0.359 e. The number of carbonyl (C=O) groups excluding carboxylic acids is 1. The molecule has 1 unspecified atom stereocenters. The molecule has 3 heterocycles. The van der Waals surface area contributed by atoms with Crippen LogP contribution in [0, 0.1) is 6.92 Å². The summed E-state index contributed by atoms with van der Waals surface area (Å²) in [6, 6.07) is 10.5. The van der Waals surface area contributed by atoms with Gasteiger partial charge in [0, 0.05) is 17.4 Å². The number of nitrogens with one attached hydrogen (secondary N) is 1. The van der Waals surface area contributed by atoms with E-state index in [1.165, 1.54) is 13.1 Å². The number of rotatable bonds is 6. The first kappa shape index (κ1) is 21.5. The van der Waals surface area contributed by atoms with Gasteiger partial charge in [0.15, 0.2) is 0 Å². The highest BCUT2D eigenvalue weighted by Gasteiger charge is 2.30. The summed E-state index contributed by atoms with van der Waals surface area (Å²) in [5.74, 6) is -0.277. The molecular weight excluding hydrogens is 427 g/mol. The van der Waals surface area contributed by atoms with E-state index < -0.39 is 18.9 Å².